The Hall–Kier alpha value is -2.09. The van der Waals surface area contributed by atoms with E-state index in [-0.39, 0.29) is 25.3 Å². The number of carbonyl (C=O) groups is 1. The number of nitrogens with one attached hydrogen (secondary N) is 1. The van der Waals surface area contributed by atoms with Crippen LogP contribution in [0.2, 0.25) is 0 Å². The lowest BCUT2D eigenvalue weighted by Crippen LogP contribution is -2.18. The Morgan fingerprint density at radius 2 is 2.38 bits per heavy atom. The van der Waals surface area contributed by atoms with Crippen molar-refractivity contribution in [3.63, 3.8) is 0 Å². The molecule has 2 rings (SSSR count). The van der Waals surface area contributed by atoms with Gasteiger partial charge >= 0.3 is 0 Å². The Morgan fingerprint density at radius 1 is 1.58 bits per heavy atom. The van der Waals surface area contributed by atoms with Crippen LogP contribution in [0.25, 0.3) is 0 Å². The van der Waals surface area contributed by atoms with Gasteiger partial charge in [0.2, 0.25) is 0 Å². The normalized spacial score (nSPS) is 17.0. The zero-order valence-corrected chi connectivity index (χ0v) is 15.1. The van der Waals surface area contributed by atoms with Crippen molar-refractivity contribution in [1.82, 2.24) is 5.32 Å². The van der Waals surface area contributed by atoms with Crippen molar-refractivity contribution in [2.24, 2.45) is 11.1 Å². The monoisotopic (exact) mass is 366 g/mol. The molecule has 0 bridgehead atoms. The molecule has 144 valence electrons. The molecule has 0 amide bonds. The summed E-state index contributed by atoms with van der Waals surface area (Å²) in [7, 11) is 1.98. The molecular formula is C19H27FN2O4. The molecule has 0 spiro atoms. The molecule has 1 aromatic carbocycles. The SMILES string of the molecule is C=NO/C(Cc1cccc(F)c1)=C(/CO)CC=O.CNCC1CCOC1. The van der Waals surface area contributed by atoms with Crippen molar-refractivity contribution < 1.29 is 23.9 Å². The number of aldehydes is 1. The third-order valence-corrected chi connectivity index (χ3v) is 3.86. The minimum Gasteiger partial charge on any atom is -0.392 e. The Kier molecular flexibility index (Phi) is 11.1. The molecule has 26 heavy (non-hydrogen) atoms. The van der Waals surface area contributed by atoms with Crippen molar-refractivity contribution in [2.75, 3.05) is 33.4 Å². The second-order valence-electron chi connectivity index (χ2n) is 5.87. The van der Waals surface area contributed by atoms with E-state index in [1.54, 1.807) is 12.1 Å². The predicted molar refractivity (Wildman–Crippen MR) is 98.4 cm³/mol. The minimum atomic E-state index is -0.362. The first-order valence-electron chi connectivity index (χ1n) is 8.49. The number of aliphatic hydroxyl groups excluding tert-OH is 1. The number of oxime groups is 1. The maximum atomic E-state index is 13.0. The van der Waals surface area contributed by atoms with E-state index in [0.717, 1.165) is 25.7 Å². The van der Waals surface area contributed by atoms with Crippen molar-refractivity contribution in [1.29, 1.82) is 0 Å². The van der Waals surface area contributed by atoms with Crippen molar-refractivity contribution in [3.8, 4) is 0 Å². The summed E-state index contributed by atoms with van der Waals surface area (Å²) >= 11 is 0. The summed E-state index contributed by atoms with van der Waals surface area (Å²) in [4.78, 5) is 15.4. The fraction of sp³-hybridized carbons (Fsp3) is 0.474. The molecule has 1 saturated heterocycles. The predicted octanol–water partition coefficient (Wildman–Crippen LogP) is 2.08. The summed E-state index contributed by atoms with van der Waals surface area (Å²) in [5.41, 5.74) is 1.06. The summed E-state index contributed by atoms with van der Waals surface area (Å²) in [5.74, 6) is 0.726. The zero-order valence-electron chi connectivity index (χ0n) is 15.1. The van der Waals surface area contributed by atoms with E-state index in [0.29, 0.717) is 23.2 Å². The first-order valence-corrected chi connectivity index (χ1v) is 8.49. The number of hydrogen-bond donors (Lipinski definition) is 2. The van der Waals surface area contributed by atoms with Crippen molar-refractivity contribution in [3.05, 3.63) is 47.0 Å². The third-order valence-electron chi connectivity index (χ3n) is 3.86. The zero-order chi connectivity index (χ0) is 19.2. The Balaban J connectivity index is 0.000000350. The van der Waals surface area contributed by atoms with Gasteiger partial charge in [-0.05, 0) is 43.6 Å². The van der Waals surface area contributed by atoms with Crippen LogP contribution in [0.15, 0.2) is 40.8 Å². The molecule has 7 heteroatoms. The molecule has 1 aliphatic rings. The average Bonchev–Trinajstić information content (AvgIpc) is 3.14. The van der Waals surface area contributed by atoms with Gasteiger partial charge in [0.05, 0.1) is 13.2 Å². The van der Waals surface area contributed by atoms with Crippen molar-refractivity contribution in [2.45, 2.75) is 19.3 Å². The van der Waals surface area contributed by atoms with Gasteiger partial charge in [-0.1, -0.05) is 17.3 Å². The first kappa shape index (κ1) is 22.0. The summed E-state index contributed by atoms with van der Waals surface area (Å²) in [5, 5.41) is 15.6. The van der Waals surface area contributed by atoms with Crippen LogP contribution >= 0.6 is 0 Å². The fourth-order valence-electron chi connectivity index (χ4n) is 2.53. The molecule has 1 unspecified atom stereocenters. The van der Waals surface area contributed by atoms with E-state index in [9.17, 15) is 9.18 Å². The van der Waals surface area contributed by atoms with E-state index < -0.39 is 0 Å². The quantitative estimate of drug-likeness (QED) is 0.303. The molecule has 1 heterocycles. The summed E-state index contributed by atoms with van der Waals surface area (Å²) in [6.45, 7) is 5.90. The molecule has 0 aliphatic carbocycles. The van der Waals surface area contributed by atoms with E-state index in [4.69, 9.17) is 14.7 Å². The summed E-state index contributed by atoms with van der Waals surface area (Å²) < 4.78 is 18.2. The van der Waals surface area contributed by atoms with Gasteiger partial charge in [-0.25, -0.2) is 4.39 Å². The molecule has 6 nitrogen and oxygen atoms in total. The number of rotatable bonds is 9. The van der Waals surface area contributed by atoms with E-state index in [2.05, 4.69) is 17.2 Å². The lowest BCUT2D eigenvalue weighted by molar-refractivity contribution is -0.107. The molecule has 1 atom stereocenters. The highest BCUT2D eigenvalue weighted by Gasteiger charge is 2.13. The number of aliphatic hydroxyl groups is 1. The average molecular weight is 366 g/mol. The van der Waals surface area contributed by atoms with Gasteiger partial charge in [-0.2, -0.15) is 0 Å². The standard InChI is InChI=1S/C13H14FNO3.C6H13NO/c1-15-18-13(11(9-17)5-6-16)8-10-3-2-4-12(14)7-10;1-7-4-6-2-3-8-5-6/h2-4,6-7,17H,1,5,8-9H2;6-7H,2-5H2,1H3/b13-11+;. The van der Waals surface area contributed by atoms with Crippen LogP contribution < -0.4 is 5.32 Å². The highest BCUT2D eigenvalue weighted by molar-refractivity contribution is 5.54. The van der Waals surface area contributed by atoms with Gasteiger partial charge < -0.3 is 24.8 Å². The van der Waals surface area contributed by atoms with E-state index in [1.165, 1.54) is 18.6 Å². The number of halogens is 1. The van der Waals surface area contributed by atoms with Crippen LogP contribution in [0.5, 0.6) is 0 Å². The lowest BCUT2D eigenvalue weighted by atomic mass is 10.1. The Bertz CT molecular complexity index is 587. The topological polar surface area (TPSA) is 80.2 Å². The van der Waals surface area contributed by atoms with Gasteiger partial charge in [0.1, 0.15) is 17.9 Å². The Labute approximate surface area is 153 Å². The van der Waals surface area contributed by atoms with Crippen LogP contribution in [0.1, 0.15) is 18.4 Å². The van der Waals surface area contributed by atoms with Crippen LogP contribution in [-0.4, -0.2) is 51.5 Å². The van der Waals surface area contributed by atoms with Crippen molar-refractivity contribution >= 4 is 13.0 Å². The smallest absolute Gasteiger partial charge is 0.141 e. The van der Waals surface area contributed by atoms with Crippen LogP contribution in [0.4, 0.5) is 4.39 Å². The molecular weight excluding hydrogens is 339 g/mol. The number of benzene rings is 1. The second kappa shape index (κ2) is 13.2. The van der Waals surface area contributed by atoms with Crippen LogP contribution in [0.3, 0.4) is 0 Å². The Morgan fingerprint density at radius 3 is 2.92 bits per heavy atom. The molecule has 1 aromatic rings. The number of hydrogen-bond acceptors (Lipinski definition) is 6. The van der Waals surface area contributed by atoms with Gasteiger partial charge in [-0.15, -0.1) is 0 Å². The number of ether oxygens (including phenoxy) is 1. The third kappa shape index (κ3) is 8.33. The number of allylic oxidation sites excluding steroid dienone is 1. The molecule has 0 aromatic heterocycles. The first-order chi connectivity index (χ1) is 12.6. The number of carbonyl (C=O) groups excluding carboxylic acids is 1. The largest absolute Gasteiger partial charge is 0.392 e. The molecule has 2 N–H and O–H groups in total. The van der Waals surface area contributed by atoms with Gasteiger partial charge in [0.25, 0.3) is 0 Å². The fourth-order valence-corrected chi connectivity index (χ4v) is 2.53. The van der Waals surface area contributed by atoms with Gasteiger partial charge in [0, 0.05) is 31.7 Å². The maximum Gasteiger partial charge on any atom is 0.141 e. The number of nitrogens with zero attached hydrogens (tertiary/aromatic N) is 1. The van der Waals surface area contributed by atoms with Gasteiger partial charge in [0.15, 0.2) is 0 Å². The highest BCUT2D eigenvalue weighted by atomic mass is 19.1. The second-order valence-corrected chi connectivity index (χ2v) is 5.87. The summed E-state index contributed by atoms with van der Waals surface area (Å²) in [6.07, 6.45) is 2.17. The lowest BCUT2D eigenvalue weighted by Gasteiger charge is -2.09. The van der Waals surface area contributed by atoms with Crippen LogP contribution in [-0.2, 0) is 20.8 Å². The minimum absolute atomic E-state index is 0.0384. The van der Waals surface area contributed by atoms with Gasteiger partial charge in [-0.3, -0.25) is 0 Å². The summed E-state index contributed by atoms with van der Waals surface area (Å²) in [6, 6.07) is 5.97. The molecule has 1 aliphatic heterocycles. The highest BCUT2D eigenvalue weighted by Crippen LogP contribution is 2.16. The van der Waals surface area contributed by atoms with E-state index in [1.807, 2.05) is 7.05 Å². The molecule has 0 saturated carbocycles. The van der Waals surface area contributed by atoms with E-state index >= 15 is 0 Å². The maximum absolute atomic E-state index is 13.0. The molecule has 1 fully saturated rings. The molecule has 0 radical (unpaired) electrons. The van der Waals surface area contributed by atoms with Crippen LogP contribution in [0, 0.1) is 11.7 Å².